The van der Waals surface area contributed by atoms with Crippen LogP contribution in [0.1, 0.15) is 0 Å². The zero-order valence-electron chi connectivity index (χ0n) is 14.1. The third-order valence-corrected chi connectivity index (χ3v) is 5.62. The van der Waals surface area contributed by atoms with Crippen LogP contribution >= 0.6 is 23.1 Å². The summed E-state index contributed by atoms with van der Waals surface area (Å²) >= 11 is 2.88. The highest BCUT2D eigenvalue weighted by atomic mass is 32.2. The summed E-state index contributed by atoms with van der Waals surface area (Å²) in [6, 6.07) is 15.7. The highest BCUT2D eigenvalue weighted by molar-refractivity contribution is 7.99. The van der Waals surface area contributed by atoms with Gasteiger partial charge in [-0.15, -0.1) is 11.3 Å². The molecule has 0 aliphatic rings. The number of thioether (sulfide) groups is 1. The maximum absolute atomic E-state index is 12.9. The lowest BCUT2D eigenvalue weighted by Gasteiger charge is -2.05. The van der Waals surface area contributed by atoms with Crippen LogP contribution in [0.15, 0.2) is 69.9 Å². The van der Waals surface area contributed by atoms with E-state index in [0.29, 0.717) is 28.7 Å². The Morgan fingerprint density at radius 1 is 1.11 bits per heavy atom. The van der Waals surface area contributed by atoms with Crippen LogP contribution in [0.25, 0.3) is 21.3 Å². The summed E-state index contributed by atoms with van der Waals surface area (Å²) in [6.07, 6.45) is 0. The zero-order chi connectivity index (χ0) is 18.6. The summed E-state index contributed by atoms with van der Waals surface area (Å²) in [5, 5.41) is 3.16. The van der Waals surface area contributed by atoms with Crippen LogP contribution < -0.4 is 10.3 Å². The molecule has 0 amide bonds. The first kappa shape index (κ1) is 17.8. The Kier molecular flexibility index (Phi) is 5.22. The van der Waals surface area contributed by atoms with Gasteiger partial charge in [0.25, 0.3) is 5.56 Å². The van der Waals surface area contributed by atoms with Gasteiger partial charge in [-0.1, -0.05) is 42.1 Å². The molecule has 0 aliphatic carbocycles. The van der Waals surface area contributed by atoms with E-state index in [1.807, 2.05) is 35.7 Å². The molecule has 7 heteroatoms. The van der Waals surface area contributed by atoms with Gasteiger partial charge in [-0.3, -0.25) is 4.79 Å². The Balaban J connectivity index is 1.46. The number of ether oxygens (including phenoxy) is 1. The number of halogens is 1. The maximum Gasteiger partial charge on any atom is 0.260 e. The van der Waals surface area contributed by atoms with Gasteiger partial charge < -0.3 is 9.72 Å². The van der Waals surface area contributed by atoms with E-state index >= 15 is 0 Å². The fourth-order valence-electron chi connectivity index (χ4n) is 2.66. The molecule has 0 saturated heterocycles. The molecular formula is C20H15FN2O2S2. The van der Waals surface area contributed by atoms with E-state index in [9.17, 15) is 9.18 Å². The first-order chi connectivity index (χ1) is 13.2. The number of rotatable bonds is 6. The van der Waals surface area contributed by atoms with Crippen molar-refractivity contribution in [1.82, 2.24) is 9.97 Å². The van der Waals surface area contributed by atoms with Crippen molar-refractivity contribution in [1.29, 1.82) is 0 Å². The highest BCUT2D eigenvalue weighted by Crippen LogP contribution is 2.31. The number of nitrogens with one attached hydrogen (secondary N) is 1. The predicted octanol–water partition coefficient (Wildman–Crippen LogP) is 4.96. The van der Waals surface area contributed by atoms with Crippen LogP contribution in [0.4, 0.5) is 4.39 Å². The predicted molar refractivity (Wildman–Crippen MR) is 108 cm³/mol. The highest BCUT2D eigenvalue weighted by Gasteiger charge is 2.13. The molecule has 0 bridgehead atoms. The lowest BCUT2D eigenvalue weighted by molar-refractivity contribution is 0.343. The molecular weight excluding hydrogens is 383 g/mol. The number of hydrogen-bond donors (Lipinski definition) is 1. The van der Waals surface area contributed by atoms with Crippen LogP contribution in [0.2, 0.25) is 0 Å². The average molecular weight is 398 g/mol. The minimum atomic E-state index is -0.294. The van der Waals surface area contributed by atoms with Gasteiger partial charge in [0, 0.05) is 16.7 Å². The molecule has 136 valence electrons. The first-order valence-corrected chi connectivity index (χ1v) is 10.2. The van der Waals surface area contributed by atoms with Gasteiger partial charge in [0.2, 0.25) is 0 Å². The fourth-order valence-corrected chi connectivity index (χ4v) is 4.34. The lowest BCUT2D eigenvalue weighted by atomic mass is 10.1. The number of aromatic amines is 1. The van der Waals surface area contributed by atoms with E-state index in [1.165, 1.54) is 35.2 Å². The van der Waals surface area contributed by atoms with Crippen LogP contribution in [0, 0.1) is 5.82 Å². The molecule has 0 aliphatic heterocycles. The summed E-state index contributed by atoms with van der Waals surface area (Å²) in [5.41, 5.74) is 1.77. The smallest absolute Gasteiger partial charge is 0.260 e. The number of aromatic nitrogens is 2. The number of nitrogens with zero attached hydrogens (tertiary/aromatic N) is 1. The molecule has 0 atom stereocenters. The first-order valence-electron chi connectivity index (χ1n) is 8.29. The van der Waals surface area contributed by atoms with E-state index in [4.69, 9.17) is 4.74 Å². The summed E-state index contributed by atoms with van der Waals surface area (Å²) in [7, 11) is 0. The molecule has 27 heavy (non-hydrogen) atoms. The summed E-state index contributed by atoms with van der Waals surface area (Å²) in [4.78, 5) is 20.7. The van der Waals surface area contributed by atoms with Crippen molar-refractivity contribution in [3.63, 3.8) is 0 Å². The van der Waals surface area contributed by atoms with Gasteiger partial charge in [0.05, 0.1) is 12.0 Å². The van der Waals surface area contributed by atoms with Crippen molar-refractivity contribution in [2.24, 2.45) is 0 Å². The Morgan fingerprint density at radius 3 is 2.67 bits per heavy atom. The molecule has 4 nitrogen and oxygen atoms in total. The van der Waals surface area contributed by atoms with Gasteiger partial charge in [0.15, 0.2) is 5.16 Å². The quantitative estimate of drug-likeness (QED) is 0.283. The molecule has 2 aromatic carbocycles. The van der Waals surface area contributed by atoms with Crippen molar-refractivity contribution in [2.75, 3.05) is 12.4 Å². The van der Waals surface area contributed by atoms with Crippen molar-refractivity contribution < 1.29 is 9.13 Å². The van der Waals surface area contributed by atoms with E-state index in [0.717, 1.165) is 16.0 Å². The summed E-state index contributed by atoms with van der Waals surface area (Å²) in [5.74, 6) is 0.931. The second-order valence-corrected chi connectivity index (χ2v) is 7.66. The van der Waals surface area contributed by atoms with Gasteiger partial charge in [-0.25, -0.2) is 9.37 Å². The number of thiophene rings is 1. The van der Waals surface area contributed by atoms with Gasteiger partial charge in [-0.05, 0) is 29.8 Å². The minimum absolute atomic E-state index is 0.137. The Hall–Kier alpha value is -2.64. The Labute approximate surface area is 163 Å². The molecule has 4 aromatic rings. The number of hydrogen-bond acceptors (Lipinski definition) is 5. The molecule has 0 unspecified atom stereocenters. The topological polar surface area (TPSA) is 55.0 Å². The molecule has 0 fully saturated rings. The molecule has 1 N–H and O–H groups in total. The number of H-pyrrole nitrogens is 1. The Morgan fingerprint density at radius 2 is 1.89 bits per heavy atom. The SMILES string of the molecule is O=c1[nH]c(SCCOc2ccc(F)cc2)nc2scc(-c3ccccc3)c12. The Bertz CT molecular complexity index is 1110. The van der Waals surface area contributed by atoms with Crippen LogP contribution in [0.5, 0.6) is 5.75 Å². The van der Waals surface area contributed by atoms with Crippen molar-refractivity contribution >= 4 is 33.3 Å². The van der Waals surface area contributed by atoms with Crippen molar-refractivity contribution in [3.05, 3.63) is 76.1 Å². The van der Waals surface area contributed by atoms with Crippen molar-refractivity contribution in [3.8, 4) is 16.9 Å². The molecule has 4 rings (SSSR count). The largest absolute Gasteiger partial charge is 0.493 e. The molecule has 2 aromatic heterocycles. The van der Waals surface area contributed by atoms with E-state index in [2.05, 4.69) is 9.97 Å². The summed E-state index contributed by atoms with van der Waals surface area (Å²) in [6.45, 7) is 0.428. The standard InChI is InChI=1S/C20H15FN2O2S2/c21-14-6-8-15(9-7-14)25-10-11-26-20-22-18(24)17-16(12-27-19(17)23-20)13-4-2-1-3-5-13/h1-9,12H,10-11H2,(H,22,23,24). The van der Waals surface area contributed by atoms with Crippen LogP contribution in [-0.4, -0.2) is 22.3 Å². The average Bonchev–Trinajstić information content (AvgIpc) is 3.12. The third kappa shape index (κ3) is 4.04. The monoisotopic (exact) mass is 398 g/mol. The lowest BCUT2D eigenvalue weighted by Crippen LogP contribution is -2.09. The van der Waals surface area contributed by atoms with Gasteiger partial charge in [-0.2, -0.15) is 0 Å². The van der Waals surface area contributed by atoms with Crippen molar-refractivity contribution in [2.45, 2.75) is 5.16 Å². The number of fused-ring (bicyclic) bond motifs is 1. The van der Waals surface area contributed by atoms with Gasteiger partial charge in [0.1, 0.15) is 16.4 Å². The van der Waals surface area contributed by atoms with E-state index in [1.54, 1.807) is 12.1 Å². The van der Waals surface area contributed by atoms with Gasteiger partial charge >= 0.3 is 0 Å². The van der Waals surface area contributed by atoms with Crippen LogP contribution in [0.3, 0.4) is 0 Å². The molecule has 0 spiro atoms. The fraction of sp³-hybridized carbons (Fsp3) is 0.100. The second-order valence-electron chi connectivity index (χ2n) is 5.72. The third-order valence-electron chi connectivity index (χ3n) is 3.91. The molecule has 2 heterocycles. The molecule has 0 saturated carbocycles. The second kappa shape index (κ2) is 7.94. The van der Waals surface area contributed by atoms with E-state index in [-0.39, 0.29) is 11.4 Å². The number of benzene rings is 2. The maximum atomic E-state index is 12.9. The molecule has 0 radical (unpaired) electrons. The normalized spacial score (nSPS) is 11.0. The van der Waals surface area contributed by atoms with E-state index < -0.39 is 0 Å². The minimum Gasteiger partial charge on any atom is -0.493 e. The summed E-state index contributed by atoms with van der Waals surface area (Å²) < 4.78 is 18.4. The van der Waals surface area contributed by atoms with Crippen LogP contribution in [-0.2, 0) is 0 Å². The zero-order valence-corrected chi connectivity index (χ0v) is 15.8.